The third kappa shape index (κ3) is 4.87. The number of rotatable bonds is 2. The molecule has 3 nitrogen and oxygen atoms in total. The first-order valence-corrected chi connectivity index (χ1v) is 2.88. The van der Waals surface area contributed by atoms with Gasteiger partial charge in [0, 0.05) is 6.20 Å². The summed E-state index contributed by atoms with van der Waals surface area (Å²) >= 11 is 0. The summed E-state index contributed by atoms with van der Waals surface area (Å²) in [5, 5.41) is 2.37. The van der Waals surface area contributed by atoms with Gasteiger partial charge in [0.25, 0.3) is 0 Å². The fourth-order valence-corrected chi connectivity index (χ4v) is 0.296. The van der Waals surface area contributed by atoms with Gasteiger partial charge in [0.05, 0.1) is 0 Å². The van der Waals surface area contributed by atoms with E-state index < -0.39 is 6.03 Å². The molecule has 0 aromatic heterocycles. The second-order valence-corrected chi connectivity index (χ2v) is 1.85. The Balaban J connectivity index is 3.56. The average Bonchev–Trinajstić information content (AvgIpc) is 1.83. The summed E-state index contributed by atoms with van der Waals surface area (Å²) in [6, 6.07) is -0.511. The number of carbonyl (C=O) groups excluding carboxylic acids is 1. The molecule has 0 aromatic carbocycles. The Kier molecular flexibility index (Phi) is 3.51. The minimum atomic E-state index is -0.511. The molecule has 0 radical (unpaired) electrons. The van der Waals surface area contributed by atoms with Crippen molar-refractivity contribution < 1.29 is 4.79 Å². The molecular formula is C6H12N2O. The van der Waals surface area contributed by atoms with Gasteiger partial charge in [-0.15, -0.1) is 0 Å². The maximum atomic E-state index is 10.1. The minimum absolute atomic E-state index is 0.511. The zero-order valence-electron chi connectivity index (χ0n) is 5.77. The number of carbonyl (C=O) groups is 1. The van der Waals surface area contributed by atoms with E-state index in [9.17, 15) is 4.79 Å². The lowest BCUT2D eigenvalue weighted by Gasteiger charge is -1.94. The molecule has 0 spiro atoms. The molecule has 2 amide bonds. The van der Waals surface area contributed by atoms with Gasteiger partial charge >= 0.3 is 6.03 Å². The van der Waals surface area contributed by atoms with Crippen molar-refractivity contribution in [3.05, 3.63) is 11.8 Å². The van der Waals surface area contributed by atoms with E-state index in [1.807, 2.05) is 13.8 Å². The first-order valence-electron chi connectivity index (χ1n) is 2.88. The first-order chi connectivity index (χ1) is 4.16. The van der Waals surface area contributed by atoms with Crippen LogP contribution in [0.3, 0.4) is 0 Å². The lowest BCUT2D eigenvalue weighted by Crippen LogP contribution is -2.24. The van der Waals surface area contributed by atoms with E-state index in [4.69, 9.17) is 5.73 Å². The summed E-state index contributed by atoms with van der Waals surface area (Å²) in [4.78, 5) is 10.1. The molecule has 0 unspecified atom stereocenters. The van der Waals surface area contributed by atoms with Gasteiger partial charge in [-0.25, -0.2) is 4.79 Å². The van der Waals surface area contributed by atoms with Gasteiger partial charge in [0.2, 0.25) is 0 Å². The highest BCUT2D eigenvalue weighted by Gasteiger charge is 1.85. The van der Waals surface area contributed by atoms with Crippen molar-refractivity contribution in [3.63, 3.8) is 0 Å². The molecule has 0 bridgehead atoms. The van der Waals surface area contributed by atoms with Crippen LogP contribution in [0.2, 0.25) is 0 Å². The third-order valence-electron chi connectivity index (χ3n) is 1.02. The molecule has 52 valence electrons. The van der Waals surface area contributed by atoms with Crippen LogP contribution in [0, 0.1) is 0 Å². The molecule has 3 heteroatoms. The van der Waals surface area contributed by atoms with E-state index in [0.29, 0.717) is 0 Å². The van der Waals surface area contributed by atoms with Crippen LogP contribution in [0.5, 0.6) is 0 Å². The van der Waals surface area contributed by atoms with Crippen molar-refractivity contribution in [1.82, 2.24) is 5.32 Å². The van der Waals surface area contributed by atoms with Crippen molar-refractivity contribution in [2.24, 2.45) is 5.73 Å². The lowest BCUT2D eigenvalue weighted by molar-refractivity contribution is 0.252. The SMILES string of the molecule is CC/C(C)=C/NC(N)=O. The van der Waals surface area contributed by atoms with Gasteiger partial charge in [-0.1, -0.05) is 12.5 Å². The minimum Gasteiger partial charge on any atom is -0.351 e. The number of urea groups is 1. The highest BCUT2D eigenvalue weighted by Crippen LogP contribution is 1.93. The molecule has 0 aliphatic rings. The molecule has 0 aliphatic heterocycles. The molecule has 0 rings (SSSR count). The van der Waals surface area contributed by atoms with Crippen LogP contribution in [-0.2, 0) is 0 Å². The van der Waals surface area contributed by atoms with Gasteiger partial charge in [0.15, 0.2) is 0 Å². The Morgan fingerprint density at radius 3 is 2.67 bits per heavy atom. The van der Waals surface area contributed by atoms with E-state index in [-0.39, 0.29) is 0 Å². The Morgan fingerprint density at radius 2 is 2.33 bits per heavy atom. The van der Waals surface area contributed by atoms with E-state index in [2.05, 4.69) is 5.32 Å². The van der Waals surface area contributed by atoms with E-state index in [0.717, 1.165) is 12.0 Å². The molecule has 0 atom stereocenters. The fourth-order valence-electron chi connectivity index (χ4n) is 0.296. The molecule has 0 aliphatic carbocycles. The second kappa shape index (κ2) is 3.95. The first kappa shape index (κ1) is 8.01. The van der Waals surface area contributed by atoms with Gasteiger partial charge in [0.1, 0.15) is 0 Å². The Morgan fingerprint density at radius 1 is 1.78 bits per heavy atom. The van der Waals surface area contributed by atoms with Crippen molar-refractivity contribution >= 4 is 6.03 Å². The molecule has 0 saturated carbocycles. The predicted octanol–water partition coefficient (Wildman–Crippen LogP) is 0.969. The second-order valence-electron chi connectivity index (χ2n) is 1.85. The molecular weight excluding hydrogens is 116 g/mol. The molecule has 0 fully saturated rings. The van der Waals surface area contributed by atoms with Gasteiger partial charge in [-0.05, 0) is 13.3 Å². The number of allylic oxidation sites excluding steroid dienone is 1. The van der Waals surface area contributed by atoms with E-state index in [1.54, 1.807) is 6.20 Å². The zero-order chi connectivity index (χ0) is 7.28. The predicted molar refractivity (Wildman–Crippen MR) is 36.8 cm³/mol. The maximum Gasteiger partial charge on any atom is 0.316 e. The average molecular weight is 128 g/mol. The lowest BCUT2D eigenvalue weighted by atomic mass is 10.3. The van der Waals surface area contributed by atoms with Crippen LogP contribution >= 0.6 is 0 Å². The number of nitrogens with one attached hydrogen (secondary N) is 1. The van der Waals surface area contributed by atoms with Crippen LogP contribution in [0.25, 0.3) is 0 Å². The Labute approximate surface area is 54.9 Å². The Bertz CT molecular complexity index is 129. The number of primary amides is 1. The van der Waals surface area contributed by atoms with Crippen LogP contribution in [0.1, 0.15) is 20.3 Å². The summed E-state index contributed by atoms with van der Waals surface area (Å²) in [7, 11) is 0. The summed E-state index contributed by atoms with van der Waals surface area (Å²) in [5.41, 5.74) is 5.91. The highest BCUT2D eigenvalue weighted by molar-refractivity contribution is 5.72. The smallest absolute Gasteiger partial charge is 0.316 e. The molecule has 9 heavy (non-hydrogen) atoms. The fraction of sp³-hybridized carbons (Fsp3) is 0.500. The molecule has 0 heterocycles. The summed E-state index contributed by atoms with van der Waals surface area (Å²) in [6.07, 6.45) is 2.54. The van der Waals surface area contributed by atoms with Crippen LogP contribution in [-0.4, -0.2) is 6.03 Å². The number of amides is 2. The van der Waals surface area contributed by atoms with E-state index >= 15 is 0 Å². The van der Waals surface area contributed by atoms with Gasteiger partial charge in [-0.2, -0.15) is 0 Å². The summed E-state index contributed by atoms with van der Waals surface area (Å²) in [5.74, 6) is 0. The summed E-state index contributed by atoms with van der Waals surface area (Å²) in [6.45, 7) is 3.93. The third-order valence-corrected chi connectivity index (χ3v) is 1.02. The highest BCUT2D eigenvalue weighted by atomic mass is 16.2. The van der Waals surface area contributed by atoms with Crippen LogP contribution in [0.15, 0.2) is 11.8 Å². The molecule has 0 aromatic rings. The van der Waals surface area contributed by atoms with E-state index in [1.165, 1.54) is 0 Å². The number of nitrogens with two attached hydrogens (primary N) is 1. The monoisotopic (exact) mass is 128 g/mol. The van der Waals surface area contributed by atoms with Crippen molar-refractivity contribution in [1.29, 1.82) is 0 Å². The van der Waals surface area contributed by atoms with Crippen molar-refractivity contribution in [2.75, 3.05) is 0 Å². The largest absolute Gasteiger partial charge is 0.351 e. The molecule has 3 N–H and O–H groups in total. The summed E-state index contributed by atoms with van der Waals surface area (Å²) < 4.78 is 0. The number of hydrogen-bond donors (Lipinski definition) is 2. The normalized spacial score (nSPS) is 11.1. The topological polar surface area (TPSA) is 55.1 Å². The number of hydrogen-bond acceptors (Lipinski definition) is 1. The Hall–Kier alpha value is -0.990. The van der Waals surface area contributed by atoms with Gasteiger partial charge in [-0.3, -0.25) is 0 Å². The standard InChI is InChI=1S/C6H12N2O/c1-3-5(2)4-8-6(7)9/h4H,3H2,1-2H3,(H3,7,8,9)/b5-4+. The van der Waals surface area contributed by atoms with Crippen LogP contribution < -0.4 is 11.1 Å². The maximum absolute atomic E-state index is 10.1. The van der Waals surface area contributed by atoms with Crippen molar-refractivity contribution in [3.8, 4) is 0 Å². The quantitative estimate of drug-likeness (QED) is 0.572. The van der Waals surface area contributed by atoms with Gasteiger partial charge < -0.3 is 11.1 Å². The molecule has 0 saturated heterocycles. The van der Waals surface area contributed by atoms with Crippen molar-refractivity contribution in [2.45, 2.75) is 20.3 Å². The zero-order valence-corrected chi connectivity index (χ0v) is 5.77. The van der Waals surface area contributed by atoms with Crippen LogP contribution in [0.4, 0.5) is 4.79 Å².